The van der Waals surface area contributed by atoms with Crippen LogP contribution in [0, 0.1) is 0 Å². The molecule has 5 heteroatoms. The van der Waals surface area contributed by atoms with E-state index in [-0.39, 0.29) is 12.0 Å². The van der Waals surface area contributed by atoms with Gasteiger partial charge >= 0.3 is 5.97 Å². The van der Waals surface area contributed by atoms with Gasteiger partial charge in [-0.15, -0.1) is 0 Å². The van der Waals surface area contributed by atoms with Gasteiger partial charge in [-0.05, 0) is 44.9 Å². The number of carboxylic acids is 1. The van der Waals surface area contributed by atoms with Gasteiger partial charge in [-0.1, -0.05) is 0 Å². The van der Waals surface area contributed by atoms with Gasteiger partial charge in [0.2, 0.25) is 5.91 Å². The van der Waals surface area contributed by atoms with Crippen LogP contribution in [0.1, 0.15) is 51.4 Å². The molecular weight excluding hydrogens is 246 g/mol. The van der Waals surface area contributed by atoms with Crippen LogP contribution >= 0.6 is 0 Å². The lowest BCUT2D eigenvalue weighted by Gasteiger charge is -2.33. The van der Waals surface area contributed by atoms with Crippen molar-refractivity contribution in [2.45, 2.75) is 63.5 Å². The Labute approximate surface area is 113 Å². The third-order valence-corrected chi connectivity index (χ3v) is 4.06. The normalized spacial score (nSPS) is 28.1. The fourth-order valence-electron chi connectivity index (χ4n) is 2.95. The highest BCUT2D eigenvalue weighted by Gasteiger charge is 2.31. The summed E-state index contributed by atoms with van der Waals surface area (Å²) in [6, 6.07) is -0.617. The average molecular weight is 269 g/mol. The first kappa shape index (κ1) is 14.3. The van der Waals surface area contributed by atoms with E-state index in [1.54, 1.807) is 4.90 Å². The number of hydrogen-bond donors (Lipinski definition) is 1. The molecule has 2 aliphatic rings. The van der Waals surface area contributed by atoms with Crippen LogP contribution in [0.4, 0.5) is 0 Å². The second kappa shape index (κ2) is 6.89. The Bertz CT molecular complexity index is 325. The fourth-order valence-corrected chi connectivity index (χ4v) is 2.95. The van der Waals surface area contributed by atoms with Gasteiger partial charge in [0.25, 0.3) is 0 Å². The third-order valence-electron chi connectivity index (χ3n) is 4.06. The van der Waals surface area contributed by atoms with E-state index in [0.717, 1.165) is 38.7 Å². The van der Waals surface area contributed by atoms with Gasteiger partial charge in [-0.25, -0.2) is 4.79 Å². The number of carbonyl (C=O) groups is 2. The van der Waals surface area contributed by atoms with Crippen molar-refractivity contribution in [1.82, 2.24) is 4.90 Å². The van der Waals surface area contributed by atoms with Crippen LogP contribution in [0.15, 0.2) is 0 Å². The zero-order valence-corrected chi connectivity index (χ0v) is 11.3. The van der Waals surface area contributed by atoms with Gasteiger partial charge in [0.1, 0.15) is 6.04 Å². The number of rotatable bonds is 4. The smallest absolute Gasteiger partial charge is 0.326 e. The van der Waals surface area contributed by atoms with Gasteiger partial charge in [-0.2, -0.15) is 0 Å². The maximum atomic E-state index is 12.2. The first-order valence-electron chi connectivity index (χ1n) is 7.32. The molecule has 2 saturated heterocycles. The van der Waals surface area contributed by atoms with Crippen LogP contribution in [0.5, 0.6) is 0 Å². The van der Waals surface area contributed by atoms with Crippen LogP contribution < -0.4 is 0 Å². The van der Waals surface area contributed by atoms with Crippen LogP contribution in [0.25, 0.3) is 0 Å². The number of hydrogen-bond acceptors (Lipinski definition) is 3. The molecule has 2 unspecified atom stereocenters. The predicted molar refractivity (Wildman–Crippen MR) is 69.8 cm³/mol. The number of carbonyl (C=O) groups excluding carboxylic acids is 1. The van der Waals surface area contributed by atoms with E-state index in [9.17, 15) is 9.59 Å². The van der Waals surface area contributed by atoms with Crippen molar-refractivity contribution >= 4 is 11.9 Å². The molecule has 0 aliphatic carbocycles. The lowest BCUT2D eigenvalue weighted by molar-refractivity contribution is -0.152. The molecule has 0 aromatic heterocycles. The SMILES string of the molecule is O=C(O)C1CCCCN1C(=O)CCC1CCCCO1. The van der Waals surface area contributed by atoms with Crippen LogP contribution in [-0.4, -0.2) is 47.2 Å². The summed E-state index contributed by atoms with van der Waals surface area (Å²) in [5.41, 5.74) is 0. The second-order valence-electron chi connectivity index (χ2n) is 5.46. The molecule has 1 N–H and O–H groups in total. The molecule has 2 atom stereocenters. The highest BCUT2D eigenvalue weighted by molar-refractivity contribution is 5.83. The molecule has 0 bridgehead atoms. The lowest BCUT2D eigenvalue weighted by atomic mass is 10.00. The monoisotopic (exact) mass is 269 g/mol. The van der Waals surface area contributed by atoms with E-state index in [4.69, 9.17) is 9.84 Å². The molecule has 108 valence electrons. The van der Waals surface area contributed by atoms with Gasteiger partial charge in [0.05, 0.1) is 6.10 Å². The second-order valence-corrected chi connectivity index (χ2v) is 5.46. The molecule has 1 amide bonds. The number of likely N-dealkylation sites (tertiary alicyclic amines) is 1. The molecule has 5 nitrogen and oxygen atoms in total. The minimum Gasteiger partial charge on any atom is -0.480 e. The van der Waals surface area contributed by atoms with Crippen LogP contribution in [0.3, 0.4) is 0 Å². The fraction of sp³-hybridized carbons (Fsp3) is 0.857. The average Bonchev–Trinajstić information content (AvgIpc) is 2.46. The first-order chi connectivity index (χ1) is 9.18. The van der Waals surface area contributed by atoms with Crippen molar-refractivity contribution in [1.29, 1.82) is 0 Å². The summed E-state index contributed by atoms with van der Waals surface area (Å²) in [5.74, 6) is -0.900. The molecule has 2 fully saturated rings. The maximum absolute atomic E-state index is 12.2. The topological polar surface area (TPSA) is 66.8 Å². The Kier molecular flexibility index (Phi) is 5.19. The van der Waals surface area contributed by atoms with Gasteiger partial charge in [0, 0.05) is 19.6 Å². The molecule has 19 heavy (non-hydrogen) atoms. The van der Waals surface area contributed by atoms with Crippen molar-refractivity contribution in [3.8, 4) is 0 Å². The molecule has 0 aromatic rings. The Hall–Kier alpha value is -1.10. The van der Waals surface area contributed by atoms with E-state index < -0.39 is 12.0 Å². The van der Waals surface area contributed by atoms with Crippen molar-refractivity contribution < 1.29 is 19.4 Å². The zero-order chi connectivity index (χ0) is 13.7. The maximum Gasteiger partial charge on any atom is 0.326 e. The van der Waals surface area contributed by atoms with Gasteiger partial charge in [0.15, 0.2) is 0 Å². The summed E-state index contributed by atoms with van der Waals surface area (Å²) >= 11 is 0. The molecule has 2 heterocycles. The summed E-state index contributed by atoms with van der Waals surface area (Å²) < 4.78 is 5.60. The Morgan fingerprint density at radius 3 is 2.63 bits per heavy atom. The third kappa shape index (κ3) is 3.93. The molecular formula is C14H23NO4. The van der Waals surface area contributed by atoms with E-state index in [1.807, 2.05) is 0 Å². The molecule has 2 rings (SSSR count). The highest BCUT2D eigenvalue weighted by Crippen LogP contribution is 2.21. The highest BCUT2D eigenvalue weighted by atomic mass is 16.5. The van der Waals surface area contributed by atoms with Crippen molar-refractivity contribution in [2.24, 2.45) is 0 Å². The predicted octanol–water partition coefficient (Wildman–Crippen LogP) is 1.80. The van der Waals surface area contributed by atoms with Crippen molar-refractivity contribution in [3.05, 3.63) is 0 Å². The number of aliphatic carboxylic acids is 1. The van der Waals surface area contributed by atoms with Gasteiger partial charge in [-0.3, -0.25) is 4.79 Å². The van der Waals surface area contributed by atoms with E-state index in [0.29, 0.717) is 19.4 Å². The largest absolute Gasteiger partial charge is 0.480 e. The standard InChI is InChI=1S/C14H23NO4/c16-13(8-7-11-5-2-4-10-19-11)15-9-3-1-6-12(15)14(17)18/h11-12H,1-10H2,(H,17,18). The van der Waals surface area contributed by atoms with Crippen molar-refractivity contribution in [2.75, 3.05) is 13.2 Å². The number of nitrogens with zero attached hydrogens (tertiary/aromatic N) is 1. The summed E-state index contributed by atoms with van der Waals surface area (Å²) in [4.78, 5) is 24.9. The quantitative estimate of drug-likeness (QED) is 0.845. The zero-order valence-electron chi connectivity index (χ0n) is 11.3. The van der Waals surface area contributed by atoms with Crippen molar-refractivity contribution in [3.63, 3.8) is 0 Å². The molecule has 0 saturated carbocycles. The summed E-state index contributed by atoms with van der Waals surface area (Å²) in [5, 5.41) is 9.16. The summed E-state index contributed by atoms with van der Waals surface area (Å²) in [6.07, 6.45) is 7.01. The molecule has 0 radical (unpaired) electrons. The Morgan fingerprint density at radius 1 is 1.16 bits per heavy atom. The molecule has 0 aromatic carbocycles. The van der Waals surface area contributed by atoms with Gasteiger partial charge < -0.3 is 14.7 Å². The lowest BCUT2D eigenvalue weighted by Crippen LogP contribution is -2.48. The molecule has 2 aliphatic heterocycles. The Balaban J connectivity index is 1.81. The van der Waals surface area contributed by atoms with Crippen LogP contribution in [-0.2, 0) is 14.3 Å². The van der Waals surface area contributed by atoms with E-state index in [2.05, 4.69) is 0 Å². The van der Waals surface area contributed by atoms with Crippen LogP contribution in [0.2, 0.25) is 0 Å². The molecule has 0 spiro atoms. The number of amides is 1. The summed E-state index contributed by atoms with van der Waals surface area (Å²) in [7, 11) is 0. The summed E-state index contributed by atoms with van der Waals surface area (Å²) in [6.45, 7) is 1.38. The minimum atomic E-state index is -0.873. The minimum absolute atomic E-state index is 0.0266. The Morgan fingerprint density at radius 2 is 1.95 bits per heavy atom. The van der Waals surface area contributed by atoms with E-state index >= 15 is 0 Å². The number of ether oxygens (including phenoxy) is 1. The first-order valence-corrected chi connectivity index (χ1v) is 7.32. The van der Waals surface area contributed by atoms with E-state index in [1.165, 1.54) is 6.42 Å². The number of piperidine rings is 1. The number of carboxylic acid groups (broad SMARTS) is 1.